The number of guanidine groups is 1. The van der Waals surface area contributed by atoms with Crippen molar-refractivity contribution in [3.8, 4) is 11.5 Å². The van der Waals surface area contributed by atoms with Crippen molar-refractivity contribution in [2.45, 2.75) is 20.0 Å². The molecule has 2 rings (SSSR count). The number of aliphatic imine (C=N–C) groups is 1. The first kappa shape index (κ1) is 17.7. The molecule has 0 radical (unpaired) electrons. The van der Waals surface area contributed by atoms with Gasteiger partial charge < -0.3 is 20.1 Å². The molecule has 0 aliphatic carbocycles. The molecule has 0 amide bonds. The van der Waals surface area contributed by atoms with Gasteiger partial charge >= 0.3 is 0 Å². The van der Waals surface area contributed by atoms with Gasteiger partial charge in [0.05, 0.1) is 14.2 Å². The number of ether oxygens (including phenoxy) is 2. The monoisotopic (exact) mass is 327 g/mol. The molecule has 2 aromatic carbocycles. The van der Waals surface area contributed by atoms with Gasteiger partial charge in [0.25, 0.3) is 0 Å². The topological polar surface area (TPSA) is 54.9 Å². The number of hydrogen-bond donors (Lipinski definition) is 2. The van der Waals surface area contributed by atoms with E-state index in [9.17, 15) is 0 Å². The van der Waals surface area contributed by atoms with Gasteiger partial charge in [-0.05, 0) is 24.6 Å². The zero-order chi connectivity index (χ0) is 17.4. The molecule has 0 aliphatic rings. The van der Waals surface area contributed by atoms with Crippen LogP contribution in [0.3, 0.4) is 0 Å². The van der Waals surface area contributed by atoms with Gasteiger partial charge in [-0.1, -0.05) is 29.8 Å². The molecular weight excluding hydrogens is 302 g/mol. The summed E-state index contributed by atoms with van der Waals surface area (Å²) in [4.78, 5) is 4.26. The number of hydrogen-bond acceptors (Lipinski definition) is 3. The molecule has 0 aliphatic heterocycles. The molecule has 0 atom stereocenters. The Balaban J connectivity index is 1.94. The van der Waals surface area contributed by atoms with E-state index in [2.05, 4.69) is 46.8 Å². The second kappa shape index (κ2) is 8.82. The number of nitrogens with zero attached hydrogens (tertiary/aromatic N) is 1. The molecule has 0 unspecified atom stereocenters. The van der Waals surface area contributed by atoms with E-state index in [1.54, 1.807) is 21.3 Å². The maximum absolute atomic E-state index is 5.42. The summed E-state index contributed by atoms with van der Waals surface area (Å²) in [7, 11) is 5.06. The highest BCUT2D eigenvalue weighted by atomic mass is 16.5. The summed E-state index contributed by atoms with van der Waals surface area (Å²) in [6.45, 7) is 3.42. The number of aryl methyl sites for hydroxylation is 1. The number of benzene rings is 2. The molecule has 2 aromatic rings. The molecule has 128 valence electrons. The van der Waals surface area contributed by atoms with Crippen molar-refractivity contribution in [2.75, 3.05) is 21.3 Å². The molecule has 24 heavy (non-hydrogen) atoms. The second-order valence-electron chi connectivity index (χ2n) is 5.45. The number of methoxy groups -OCH3 is 2. The van der Waals surface area contributed by atoms with Crippen LogP contribution in [0.2, 0.25) is 0 Å². The van der Waals surface area contributed by atoms with Gasteiger partial charge in [-0.3, -0.25) is 4.99 Å². The summed E-state index contributed by atoms with van der Waals surface area (Å²) in [6.07, 6.45) is 0. The van der Waals surface area contributed by atoms with Gasteiger partial charge in [-0.25, -0.2) is 0 Å². The van der Waals surface area contributed by atoms with Crippen molar-refractivity contribution in [1.29, 1.82) is 0 Å². The molecule has 0 spiro atoms. The third-order valence-corrected chi connectivity index (χ3v) is 3.71. The standard InChI is InChI=1S/C19H25N3O2/c1-14-6-5-7-15(10-14)12-21-19(20-2)22-13-16-8-9-17(23-3)11-18(16)24-4/h5-11H,12-13H2,1-4H3,(H2,20,21,22). The van der Waals surface area contributed by atoms with E-state index in [4.69, 9.17) is 9.47 Å². The van der Waals surface area contributed by atoms with E-state index in [1.807, 2.05) is 18.2 Å². The van der Waals surface area contributed by atoms with Crippen LogP contribution in [0, 0.1) is 6.92 Å². The average molecular weight is 327 g/mol. The lowest BCUT2D eigenvalue weighted by molar-refractivity contribution is 0.390. The van der Waals surface area contributed by atoms with Crippen molar-refractivity contribution >= 4 is 5.96 Å². The van der Waals surface area contributed by atoms with Crippen molar-refractivity contribution in [2.24, 2.45) is 4.99 Å². The Morgan fingerprint density at radius 1 is 1.00 bits per heavy atom. The summed E-state index contributed by atoms with van der Waals surface area (Å²) < 4.78 is 10.6. The average Bonchev–Trinajstić information content (AvgIpc) is 2.61. The van der Waals surface area contributed by atoms with Crippen molar-refractivity contribution in [3.63, 3.8) is 0 Å². The fraction of sp³-hybridized carbons (Fsp3) is 0.316. The first-order chi connectivity index (χ1) is 11.7. The largest absolute Gasteiger partial charge is 0.497 e. The first-order valence-corrected chi connectivity index (χ1v) is 7.87. The smallest absolute Gasteiger partial charge is 0.191 e. The second-order valence-corrected chi connectivity index (χ2v) is 5.45. The van der Waals surface area contributed by atoms with E-state index < -0.39 is 0 Å². The van der Waals surface area contributed by atoms with Gasteiger partial charge in [0, 0.05) is 31.8 Å². The molecule has 2 N–H and O–H groups in total. The molecule has 0 fully saturated rings. The number of nitrogens with one attached hydrogen (secondary N) is 2. The van der Waals surface area contributed by atoms with Crippen LogP contribution in [0.1, 0.15) is 16.7 Å². The molecule has 0 bridgehead atoms. The Bertz CT molecular complexity index is 699. The van der Waals surface area contributed by atoms with Crippen molar-refractivity contribution < 1.29 is 9.47 Å². The SMILES string of the molecule is CN=C(NCc1cccc(C)c1)NCc1ccc(OC)cc1OC. The van der Waals surface area contributed by atoms with Crippen LogP contribution in [0.15, 0.2) is 47.5 Å². The quantitative estimate of drug-likeness (QED) is 0.633. The van der Waals surface area contributed by atoms with Crippen LogP contribution in [0.5, 0.6) is 11.5 Å². The highest BCUT2D eigenvalue weighted by Gasteiger charge is 2.06. The fourth-order valence-corrected chi connectivity index (χ4v) is 2.41. The Labute approximate surface area is 143 Å². The van der Waals surface area contributed by atoms with Gasteiger partial charge in [0.2, 0.25) is 0 Å². The summed E-state index contributed by atoms with van der Waals surface area (Å²) in [5, 5.41) is 6.62. The minimum Gasteiger partial charge on any atom is -0.497 e. The van der Waals surface area contributed by atoms with Crippen molar-refractivity contribution in [3.05, 3.63) is 59.2 Å². The van der Waals surface area contributed by atoms with Gasteiger partial charge in [0.1, 0.15) is 11.5 Å². The lowest BCUT2D eigenvalue weighted by Crippen LogP contribution is -2.36. The Hall–Kier alpha value is -2.69. The lowest BCUT2D eigenvalue weighted by atomic mass is 10.1. The molecule has 5 heteroatoms. The van der Waals surface area contributed by atoms with E-state index in [-0.39, 0.29) is 0 Å². The third-order valence-electron chi connectivity index (χ3n) is 3.71. The minimum atomic E-state index is 0.612. The Kier molecular flexibility index (Phi) is 6.49. The zero-order valence-electron chi connectivity index (χ0n) is 14.7. The van der Waals surface area contributed by atoms with E-state index >= 15 is 0 Å². The van der Waals surface area contributed by atoms with Crippen molar-refractivity contribution in [1.82, 2.24) is 10.6 Å². The minimum absolute atomic E-state index is 0.612. The van der Waals surface area contributed by atoms with E-state index in [0.29, 0.717) is 6.54 Å². The highest BCUT2D eigenvalue weighted by molar-refractivity contribution is 5.79. The number of rotatable bonds is 6. The van der Waals surface area contributed by atoms with Crippen LogP contribution in [0.4, 0.5) is 0 Å². The maximum atomic E-state index is 5.42. The third kappa shape index (κ3) is 4.91. The summed E-state index contributed by atoms with van der Waals surface area (Å²) in [5.74, 6) is 2.31. The molecule has 5 nitrogen and oxygen atoms in total. The normalized spacial score (nSPS) is 11.1. The molecule has 0 aromatic heterocycles. The maximum Gasteiger partial charge on any atom is 0.191 e. The van der Waals surface area contributed by atoms with Crippen LogP contribution in [-0.4, -0.2) is 27.2 Å². The van der Waals surface area contributed by atoms with E-state index in [1.165, 1.54) is 11.1 Å². The van der Waals surface area contributed by atoms with Crippen LogP contribution >= 0.6 is 0 Å². The molecular formula is C19H25N3O2. The summed E-state index contributed by atoms with van der Waals surface area (Å²) in [5.41, 5.74) is 3.51. The van der Waals surface area contributed by atoms with Gasteiger partial charge in [-0.2, -0.15) is 0 Å². The van der Waals surface area contributed by atoms with Crippen LogP contribution in [-0.2, 0) is 13.1 Å². The Morgan fingerprint density at radius 2 is 1.79 bits per heavy atom. The first-order valence-electron chi connectivity index (χ1n) is 7.87. The van der Waals surface area contributed by atoms with Crippen LogP contribution < -0.4 is 20.1 Å². The van der Waals surface area contributed by atoms with E-state index in [0.717, 1.165) is 29.6 Å². The summed E-state index contributed by atoms with van der Waals surface area (Å²) in [6, 6.07) is 14.2. The summed E-state index contributed by atoms with van der Waals surface area (Å²) >= 11 is 0. The molecule has 0 saturated carbocycles. The Morgan fingerprint density at radius 3 is 2.46 bits per heavy atom. The van der Waals surface area contributed by atoms with Gasteiger partial charge in [0.15, 0.2) is 5.96 Å². The fourth-order valence-electron chi connectivity index (χ4n) is 2.41. The highest BCUT2D eigenvalue weighted by Crippen LogP contribution is 2.24. The predicted molar refractivity (Wildman–Crippen MR) is 97.8 cm³/mol. The zero-order valence-corrected chi connectivity index (χ0v) is 14.7. The van der Waals surface area contributed by atoms with Gasteiger partial charge in [-0.15, -0.1) is 0 Å². The lowest BCUT2D eigenvalue weighted by Gasteiger charge is -2.14. The van der Waals surface area contributed by atoms with Crippen LogP contribution in [0.25, 0.3) is 0 Å². The molecule has 0 saturated heterocycles. The predicted octanol–water partition coefficient (Wildman–Crippen LogP) is 2.88. The molecule has 0 heterocycles.